The van der Waals surface area contributed by atoms with Crippen LogP contribution in [0.3, 0.4) is 0 Å². The van der Waals surface area contributed by atoms with Crippen LogP contribution >= 0.6 is 0 Å². The van der Waals surface area contributed by atoms with Crippen molar-refractivity contribution in [3.63, 3.8) is 0 Å². The van der Waals surface area contributed by atoms with Gasteiger partial charge in [0.2, 0.25) is 0 Å². The Morgan fingerprint density at radius 1 is 0.938 bits per heavy atom. The molecule has 0 atom stereocenters. The Kier molecular flexibility index (Phi) is 4.97. The molecule has 8 nitrogen and oxygen atoms in total. The Labute approximate surface area is 186 Å². The monoisotopic (exact) mass is 452 g/mol. The van der Waals surface area contributed by atoms with E-state index in [1.807, 2.05) is 20.8 Å². The van der Waals surface area contributed by atoms with Crippen molar-refractivity contribution in [2.24, 2.45) is 7.05 Å². The molecule has 3 aromatic rings. The van der Waals surface area contributed by atoms with Gasteiger partial charge in [0.05, 0.1) is 28.0 Å². The van der Waals surface area contributed by atoms with Crippen LogP contribution in [0.2, 0.25) is 0 Å². The van der Waals surface area contributed by atoms with Gasteiger partial charge in [-0.3, -0.25) is 14.3 Å². The lowest BCUT2D eigenvalue weighted by Crippen LogP contribution is -2.30. The van der Waals surface area contributed by atoms with E-state index in [9.17, 15) is 18.0 Å². The highest BCUT2D eigenvalue weighted by molar-refractivity contribution is 7.92. The van der Waals surface area contributed by atoms with Gasteiger partial charge in [0.25, 0.3) is 21.8 Å². The van der Waals surface area contributed by atoms with Gasteiger partial charge < -0.3 is 4.57 Å². The number of sulfonamides is 1. The van der Waals surface area contributed by atoms with E-state index in [2.05, 4.69) is 9.71 Å². The Bertz CT molecular complexity index is 1350. The molecular weight excluding hydrogens is 428 g/mol. The van der Waals surface area contributed by atoms with Gasteiger partial charge in [-0.1, -0.05) is 39.0 Å². The zero-order valence-electron chi connectivity index (χ0n) is 18.5. The summed E-state index contributed by atoms with van der Waals surface area (Å²) in [5.74, 6) is -0.963. The van der Waals surface area contributed by atoms with Gasteiger partial charge in [-0.2, -0.15) is 0 Å². The lowest BCUT2D eigenvalue weighted by molar-refractivity contribution is 0.0925. The Morgan fingerprint density at radius 2 is 1.56 bits per heavy atom. The Morgan fingerprint density at radius 3 is 2.12 bits per heavy atom. The molecule has 0 saturated heterocycles. The van der Waals surface area contributed by atoms with Crippen LogP contribution in [0.5, 0.6) is 0 Å². The van der Waals surface area contributed by atoms with Crippen molar-refractivity contribution in [1.82, 2.24) is 9.55 Å². The van der Waals surface area contributed by atoms with Crippen LogP contribution in [0, 0.1) is 6.92 Å². The number of imide groups is 1. The van der Waals surface area contributed by atoms with E-state index in [4.69, 9.17) is 0 Å². The third-order valence-corrected chi connectivity index (χ3v) is 6.82. The maximum absolute atomic E-state index is 13.2. The van der Waals surface area contributed by atoms with Gasteiger partial charge in [-0.25, -0.2) is 18.3 Å². The molecule has 166 valence electrons. The lowest BCUT2D eigenvalue weighted by atomic mass is 9.87. The molecule has 2 amide bonds. The van der Waals surface area contributed by atoms with E-state index in [0.29, 0.717) is 5.56 Å². The maximum atomic E-state index is 13.2. The van der Waals surface area contributed by atoms with Gasteiger partial charge in [0.15, 0.2) is 5.82 Å². The average molecular weight is 453 g/mol. The minimum atomic E-state index is -3.98. The van der Waals surface area contributed by atoms with E-state index >= 15 is 0 Å². The zero-order valence-corrected chi connectivity index (χ0v) is 19.3. The van der Waals surface area contributed by atoms with Crippen molar-refractivity contribution in [3.8, 4) is 0 Å². The highest BCUT2D eigenvalue weighted by atomic mass is 32.2. The number of hydrogen-bond donors (Lipinski definition) is 1. The molecule has 0 radical (unpaired) electrons. The molecule has 4 rings (SSSR count). The van der Waals surface area contributed by atoms with Gasteiger partial charge >= 0.3 is 0 Å². The second-order valence-electron chi connectivity index (χ2n) is 8.90. The number of amides is 2. The molecule has 1 N–H and O–H groups in total. The minimum absolute atomic E-state index is 0.0236. The molecule has 0 spiro atoms. The molecule has 1 aliphatic rings. The highest BCUT2D eigenvalue weighted by Gasteiger charge is 2.41. The number of rotatable bonds is 4. The molecule has 9 heteroatoms. The Balaban J connectivity index is 1.73. The van der Waals surface area contributed by atoms with Crippen LogP contribution in [-0.4, -0.2) is 29.8 Å². The van der Waals surface area contributed by atoms with Crippen molar-refractivity contribution in [2.45, 2.75) is 38.0 Å². The number of carbonyl (C=O) groups excluding carboxylic acids is 2. The molecule has 0 saturated carbocycles. The molecule has 0 unspecified atom stereocenters. The number of aromatic nitrogens is 2. The smallest absolute Gasteiger partial charge is 0.269 e. The molecule has 1 aliphatic heterocycles. The first-order valence-corrected chi connectivity index (χ1v) is 11.5. The molecule has 1 aromatic heterocycles. The molecule has 0 bridgehead atoms. The van der Waals surface area contributed by atoms with Gasteiger partial charge in [0.1, 0.15) is 0 Å². The SMILES string of the molecule is Cc1ccc(NS(=O)(=O)c2ccc(C(C)(C)C)cc2)c2c1C(=O)N(c1cn(C)cn1)C2=O. The standard InChI is InChI=1S/C23H24N4O4S/c1-14-6-11-17(25-32(30,31)16-9-7-15(8-10-16)23(2,3)4)20-19(14)21(28)27(22(20)29)18-12-26(5)13-24-18/h6-13,25H,1-5H3. The van der Waals surface area contributed by atoms with Gasteiger partial charge in [-0.05, 0) is 41.7 Å². The van der Waals surface area contributed by atoms with Crippen LogP contribution in [0.4, 0.5) is 11.5 Å². The first-order chi connectivity index (χ1) is 14.9. The van der Waals surface area contributed by atoms with E-state index in [1.165, 1.54) is 24.5 Å². The van der Waals surface area contributed by atoms with Crippen LogP contribution in [0.15, 0.2) is 53.8 Å². The van der Waals surface area contributed by atoms with Gasteiger partial charge in [0, 0.05) is 13.2 Å². The molecule has 32 heavy (non-hydrogen) atoms. The van der Waals surface area contributed by atoms with E-state index < -0.39 is 21.8 Å². The predicted octanol–water partition coefficient (Wildman–Crippen LogP) is 3.63. The first kappa shape index (κ1) is 21.8. The van der Waals surface area contributed by atoms with Crippen molar-refractivity contribution in [2.75, 3.05) is 9.62 Å². The third kappa shape index (κ3) is 3.58. The molecule has 0 fully saturated rings. The zero-order chi connectivity index (χ0) is 23.4. The summed E-state index contributed by atoms with van der Waals surface area (Å²) in [6.07, 6.45) is 3.04. The number of carbonyl (C=O) groups is 2. The van der Waals surface area contributed by atoms with Gasteiger partial charge in [-0.15, -0.1) is 0 Å². The number of nitrogens with zero attached hydrogens (tertiary/aromatic N) is 3. The quantitative estimate of drug-likeness (QED) is 0.609. The largest absolute Gasteiger partial charge is 0.338 e. The minimum Gasteiger partial charge on any atom is -0.338 e. The van der Waals surface area contributed by atoms with Crippen molar-refractivity contribution < 1.29 is 18.0 Å². The van der Waals surface area contributed by atoms with Crippen molar-refractivity contribution in [3.05, 3.63) is 71.2 Å². The van der Waals surface area contributed by atoms with E-state index in [1.54, 1.807) is 42.9 Å². The summed E-state index contributed by atoms with van der Waals surface area (Å²) in [6.45, 7) is 7.83. The van der Waals surface area contributed by atoms with E-state index in [0.717, 1.165) is 10.5 Å². The topological polar surface area (TPSA) is 101 Å². The fraction of sp³-hybridized carbons (Fsp3) is 0.261. The third-order valence-electron chi connectivity index (χ3n) is 5.44. The summed E-state index contributed by atoms with van der Waals surface area (Å²) in [7, 11) is -2.25. The number of anilines is 2. The summed E-state index contributed by atoms with van der Waals surface area (Å²) in [5.41, 5.74) is 1.71. The van der Waals surface area contributed by atoms with Crippen LogP contribution < -0.4 is 9.62 Å². The van der Waals surface area contributed by atoms with Crippen molar-refractivity contribution >= 4 is 33.3 Å². The summed E-state index contributed by atoms with van der Waals surface area (Å²) in [5, 5.41) is 0. The maximum Gasteiger partial charge on any atom is 0.269 e. The average Bonchev–Trinajstić information content (AvgIpc) is 3.24. The lowest BCUT2D eigenvalue weighted by Gasteiger charge is -2.19. The molecule has 0 aliphatic carbocycles. The summed E-state index contributed by atoms with van der Waals surface area (Å²) in [6, 6.07) is 9.72. The number of nitrogens with one attached hydrogen (secondary N) is 1. The second-order valence-corrected chi connectivity index (χ2v) is 10.6. The predicted molar refractivity (Wildman–Crippen MR) is 121 cm³/mol. The highest BCUT2D eigenvalue weighted by Crippen LogP contribution is 2.35. The summed E-state index contributed by atoms with van der Waals surface area (Å²) < 4.78 is 30.2. The molecule has 2 heterocycles. The first-order valence-electron chi connectivity index (χ1n) is 10.0. The Hall–Kier alpha value is -3.46. The second kappa shape index (κ2) is 7.30. The van der Waals surface area contributed by atoms with Crippen LogP contribution in [-0.2, 0) is 22.5 Å². The fourth-order valence-corrected chi connectivity index (χ4v) is 4.74. The number of fused-ring (bicyclic) bond motifs is 1. The summed E-state index contributed by atoms with van der Waals surface area (Å²) >= 11 is 0. The number of imidazole rings is 1. The van der Waals surface area contributed by atoms with E-state index in [-0.39, 0.29) is 32.9 Å². The normalized spacial score (nSPS) is 14.1. The fourth-order valence-electron chi connectivity index (χ4n) is 3.67. The van der Waals surface area contributed by atoms with Crippen molar-refractivity contribution in [1.29, 1.82) is 0 Å². The summed E-state index contributed by atoms with van der Waals surface area (Å²) in [4.78, 5) is 31.4. The number of hydrogen-bond acceptors (Lipinski definition) is 5. The van der Waals surface area contributed by atoms with Crippen LogP contribution in [0.1, 0.15) is 52.6 Å². The molecule has 2 aromatic carbocycles. The van der Waals surface area contributed by atoms with Crippen LogP contribution in [0.25, 0.3) is 0 Å². The number of aryl methyl sites for hydroxylation is 2. The molecular formula is C23H24N4O4S. The number of benzene rings is 2.